The van der Waals surface area contributed by atoms with Crippen LogP contribution >= 0.6 is 0 Å². The lowest BCUT2D eigenvalue weighted by Crippen LogP contribution is -2.47. The van der Waals surface area contributed by atoms with Gasteiger partial charge in [0.05, 0.1) is 0 Å². The van der Waals surface area contributed by atoms with Gasteiger partial charge in [-0.25, -0.2) is 0 Å². The Balaban J connectivity index is 3.01. The Hall–Kier alpha value is -0.633. The first-order chi connectivity index (χ1) is 6.29. The minimum atomic E-state index is -1.20. The number of hydrogen-bond donors (Lipinski definition) is 0. The molecule has 0 unspecified atom stereocenters. The third-order valence-corrected chi connectivity index (χ3v) is 8.68. The molecule has 1 heterocycles. The van der Waals surface area contributed by atoms with Gasteiger partial charge in [-0.3, -0.25) is 4.98 Å². The van der Waals surface area contributed by atoms with Crippen molar-refractivity contribution in [1.29, 1.82) is 0 Å². The lowest BCUT2D eigenvalue weighted by atomic mass is 10.5. The van der Waals surface area contributed by atoms with E-state index in [0.29, 0.717) is 0 Å². The monoisotopic (exact) mass is 193 g/mol. The van der Waals surface area contributed by atoms with Gasteiger partial charge in [-0.2, -0.15) is 0 Å². The van der Waals surface area contributed by atoms with Crippen molar-refractivity contribution in [1.82, 2.24) is 4.98 Å². The molecular weight excluding hydrogens is 174 g/mol. The molecule has 0 saturated heterocycles. The van der Waals surface area contributed by atoms with Crippen molar-refractivity contribution in [2.45, 2.75) is 38.9 Å². The van der Waals surface area contributed by atoms with Crippen molar-refractivity contribution < 1.29 is 0 Å². The molecule has 0 aliphatic heterocycles. The normalized spacial score (nSPS) is 11.6. The van der Waals surface area contributed by atoms with E-state index in [1.165, 1.54) is 23.4 Å². The van der Waals surface area contributed by atoms with Crippen molar-refractivity contribution in [3.05, 3.63) is 24.4 Å². The lowest BCUT2D eigenvalue weighted by molar-refractivity contribution is 1.17. The van der Waals surface area contributed by atoms with Gasteiger partial charge in [0.15, 0.2) is 0 Å². The van der Waals surface area contributed by atoms with Crippen molar-refractivity contribution >= 4 is 13.4 Å². The number of hydrogen-bond acceptors (Lipinski definition) is 1. The Labute approximate surface area is 82.2 Å². The van der Waals surface area contributed by atoms with Crippen LogP contribution in [0.4, 0.5) is 0 Å². The zero-order valence-electron chi connectivity index (χ0n) is 8.88. The van der Waals surface area contributed by atoms with Gasteiger partial charge in [-0.1, -0.05) is 45.0 Å². The van der Waals surface area contributed by atoms with E-state index in [2.05, 4.69) is 37.9 Å². The molecule has 2 heteroatoms. The maximum Gasteiger partial charge on any atom is 0.109 e. The van der Waals surface area contributed by atoms with E-state index < -0.39 is 8.07 Å². The standard InChI is InChI=1S/C11H19NSi/c1-4-13(5-2,6-3)11-9-7-8-10-12-11/h7-10H,4-6H2,1-3H3. The first kappa shape index (κ1) is 10.4. The molecule has 72 valence electrons. The summed E-state index contributed by atoms with van der Waals surface area (Å²) in [6, 6.07) is 10.3. The van der Waals surface area contributed by atoms with E-state index in [1.54, 1.807) is 0 Å². The highest BCUT2D eigenvalue weighted by molar-refractivity contribution is 6.91. The average Bonchev–Trinajstić information content (AvgIpc) is 2.23. The van der Waals surface area contributed by atoms with Crippen molar-refractivity contribution in [2.24, 2.45) is 0 Å². The molecule has 0 amide bonds. The first-order valence-corrected chi connectivity index (χ1v) is 7.82. The summed E-state index contributed by atoms with van der Waals surface area (Å²) >= 11 is 0. The number of rotatable bonds is 4. The minimum absolute atomic E-state index is 1.20. The fourth-order valence-corrected chi connectivity index (χ4v) is 5.35. The predicted octanol–water partition coefficient (Wildman–Crippen LogP) is 2.80. The molecule has 0 aliphatic carbocycles. The van der Waals surface area contributed by atoms with Crippen LogP contribution in [0.15, 0.2) is 24.4 Å². The van der Waals surface area contributed by atoms with E-state index in [9.17, 15) is 0 Å². The van der Waals surface area contributed by atoms with E-state index in [1.807, 2.05) is 12.3 Å². The molecule has 0 spiro atoms. The van der Waals surface area contributed by atoms with Gasteiger partial charge in [0.2, 0.25) is 0 Å². The van der Waals surface area contributed by atoms with Crippen molar-refractivity contribution in [3.8, 4) is 0 Å². The summed E-state index contributed by atoms with van der Waals surface area (Å²) in [6.07, 6.45) is 1.93. The zero-order chi connectivity index (χ0) is 9.73. The molecule has 0 radical (unpaired) electrons. The van der Waals surface area contributed by atoms with E-state index in [0.717, 1.165) is 0 Å². The summed E-state index contributed by atoms with van der Waals surface area (Å²) in [6.45, 7) is 6.94. The van der Waals surface area contributed by atoms with Crippen LogP contribution in [-0.2, 0) is 0 Å². The van der Waals surface area contributed by atoms with Gasteiger partial charge in [0.1, 0.15) is 8.07 Å². The Morgan fingerprint density at radius 1 is 1.08 bits per heavy atom. The topological polar surface area (TPSA) is 12.9 Å². The molecule has 1 aromatic rings. The average molecular weight is 193 g/mol. The SMILES string of the molecule is CC[Si](CC)(CC)c1ccccn1. The summed E-state index contributed by atoms with van der Waals surface area (Å²) in [5, 5.41) is 1.39. The zero-order valence-corrected chi connectivity index (χ0v) is 9.88. The summed E-state index contributed by atoms with van der Waals surface area (Å²) in [5.74, 6) is 0. The molecule has 0 bridgehead atoms. The van der Waals surface area contributed by atoms with Crippen LogP contribution < -0.4 is 5.32 Å². The van der Waals surface area contributed by atoms with Gasteiger partial charge < -0.3 is 0 Å². The van der Waals surface area contributed by atoms with Crippen LogP contribution in [0.3, 0.4) is 0 Å². The quantitative estimate of drug-likeness (QED) is 0.670. The molecule has 13 heavy (non-hydrogen) atoms. The first-order valence-electron chi connectivity index (χ1n) is 5.20. The van der Waals surface area contributed by atoms with Gasteiger partial charge in [-0.15, -0.1) is 0 Å². The summed E-state index contributed by atoms with van der Waals surface area (Å²) in [7, 11) is -1.20. The van der Waals surface area contributed by atoms with Gasteiger partial charge in [-0.05, 0) is 12.1 Å². The Kier molecular flexibility index (Phi) is 3.67. The Bertz CT molecular complexity index is 233. The minimum Gasteiger partial charge on any atom is -0.266 e. The molecular formula is C11H19NSi. The summed E-state index contributed by atoms with van der Waals surface area (Å²) in [4.78, 5) is 4.53. The lowest BCUT2D eigenvalue weighted by Gasteiger charge is -2.26. The summed E-state index contributed by atoms with van der Waals surface area (Å²) in [5.41, 5.74) is 0. The fraction of sp³-hybridized carbons (Fsp3) is 0.545. The molecule has 1 aromatic heterocycles. The Morgan fingerprint density at radius 3 is 2.08 bits per heavy atom. The van der Waals surface area contributed by atoms with Crippen LogP contribution in [0.5, 0.6) is 0 Å². The van der Waals surface area contributed by atoms with Crippen LogP contribution in [0.25, 0.3) is 0 Å². The van der Waals surface area contributed by atoms with Gasteiger partial charge in [0, 0.05) is 11.5 Å². The number of nitrogens with zero attached hydrogens (tertiary/aromatic N) is 1. The third kappa shape index (κ3) is 1.99. The second-order valence-electron chi connectivity index (χ2n) is 3.56. The van der Waals surface area contributed by atoms with Crippen molar-refractivity contribution in [2.75, 3.05) is 0 Å². The van der Waals surface area contributed by atoms with Crippen LogP contribution in [0.1, 0.15) is 20.8 Å². The Morgan fingerprint density at radius 2 is 1.69 bits per heavy atom. The highest BCUT2D eigenvalue weighted by Crippen LogP contribution is 2.18. The highest BCUT2D eigenvalue weighted by atomic mass is 28.3. The predicted molar refractivity (Wildman–Crippen MR) is 61.1 cm³/mol. The van der Waals surface area contributed by atoms with E-state index >= 15 is 0 Å². The molecule has 1 nitrogen and oxygen atoms in total. The molecule has 0 aromatic carbocycles. The summed E-state index contributed by atoms with van der Waals surface area (Å²) < 4.78 is 0. The maximum atomic E-state index is 4.53. The van der Waals surface area contributed by atoms with E-state index in [-0.39, 0.29) is 0 Å². The molecule has 0 saturated carbocycles. The van der Waals surface area contributed by atoms with Gasteiger partial charge in [0.25, 0.3) is 0 Å². The fourth-order valence-electron chi connectivity index (χ4n) is 1.97. The van der Waals surface area contributed by atoms with Crippen molar-refractivity contribution in [3.63, 3.8) is 0 Å². The highest BCUT2D eigenvalue weighted by Gasteiger charge is 2.30. The second-order valence-corrected chi connectivity index (χ2v) is 8.75. The third-order valence-electron chi connectivity index (χ3n) is 3.24. The largest absolute Gasteiger partial charge is 0.266 e. The van der Waals surface area contributed by atoms with Crippen LogP contribution in [0.2, 0.25) is 18.1 Å². The van der Waals surface area contributed by atoms with Crippen LogP contribution in [0, 0.1) is 0 Å². The van der Waals surface area contributed by atoms with Gasteiger partial charge >= 0.3 is 0 Å². The molecule has 1 rings (SSSR count). The molecule has 0 aliphatic rings. The van der Waals surface area contributed by atoms with E-state index in [4.69, 9.17) is 0 Å². The maximum absolute atomic E-state index is 4.53. The number of pyridine rings is 1. The molecule has 0 fully saturated rings. The van der Waals surface area contributed by atoms with Crippen LogP contribution in [-0.4, -0.2) is 13.1 Å². The smallest absolute Gasteiger partial charge is 0.109 e. The molecule has 0 N–H and O–H groups in total. The number of aromatic nitrogens is 1. The molecule has 0 atom stereocenters. The second kappa shape index (κ2) is 4.56.